The van der Waals surface area contributed by atoms with E-state index in [2.05, 4.69) is 33.4 Å². The zero-order valence-corrected chi connectivity index (χ0v) is 12.2. The van der Waals surface area contributed by atoms with E-state index in [1.165, 1.54) is 34.9 Å². The van der Waals surface area contributed by atoms with Crippen molar-refractivity contribution >= 4 is 28.1 Å². The molecule has 0 saturated carbocycles. The number of rotatable bonds is 1. The molecule has 3 heterocycles. The van der Waals surface area contributed by atoms with Gasteiger partial charge in [-0.05, 0) is 31.9 Å². The molecule has 20 heavy (non-hydrogen) atoms. The van der Waals surface area contributed by atoms with Crippen LogP contribution in [0.15, 0.2) is 24.4 Å². The van der Waals surface area contributed by atoms with Gasteiger partial charge >= 0.3 is 0 Å². The lowest BCUT2D eigenvalue weighted by Crippen LogP contribution is -2.48. The highest BCUT2D eigenvalue weighted by atomic mass is 35.5. The van der Waals surface area contributed by atoms with E-state index in [9.17, 15) is 0 Å². The van der Waals surface area contributed by atoms with E-state index in [0.29, 0.717) is 11.2 Å². The third-order valence-electron chi connectivity index (χ3n) is 4.57. The van der Waals surface area contributed by atoms with Crippen molar-refractivity contribution in [1.29, 1.82) is 0 Å². The average Bonchev–Trinajstić information content (AvgIpc) is 2.52. The summed E-state index contributed by atoms with van der Waals surface area (Å²) >= 11 is 6.30. The van der Waals surface area contributed by atoms with Crippen molar-refractivity contribution < 1.29 is 0 Å². The van der Waals surface area contributed by atoms with Gasteiger partial charge in [0.25, 0.3) is 0 Å². The minimum absolute atomic E-state index is 0.606. The first-order valence-corrected chi connectivity index (χ1v) is 7.76. The third-order valence-corrected chi connectivity index (χ3v) is 4.89. The highest BCUT2D eigenvalue weighted by molar-refractivity contribution is 6.31. The van der Waals surface area contributed by atoms with Crippen LogP contribution in [0.25, 0.3) is 10.8 Å². The number of nitrogens with one attached hydrogen (secondary N) is 1. The normalized spacial score (nSPS) is 22.2. The van der Waals surface area contributed by atoms with E-state index >= 15 is 0 Å². The maximum atomic E-state index is 6.30. The molecule has 1 N–H and O–H groups in total. The fourth-order valence-electron chi connectivity index (χ4n) is 3.60. The molecule has 2 aliphatic heterocycles. The first kappa shape index (κ1) is 12.4. The van der Waals surface area contributed by atoms with Gasteiger partial charge in [0.2, 0.25) is 0 Å². The summed E-state index contributed by atoms with van der Waals surface area (Å²) in [5, 5.41) is 6.71. The predicted octanol–water partition coefficient (Wildman–Crippen LogP) is 3.00. The molecule has 3 nitrogen and oxygen atoms in total. The monoisotopic (exact) mass is 287 g/mol. The minimum Gasteiger partial charge on any atom is -0.366 e. The van der Waals surface area contributed by atoms with E-state index in [-0.39, 0.29) is 0 Å². The molecule has 0 bridgehead atoms. The van der Waals surface area contributed by atoms with E-state index in [1.54, 1.807) is 0 Å². The molecule has 4 rings (SSSR count). The molecule has 0 spiro atoms. The zero-order valence-electron chi connectivity index (χ0n) is 11.4. The summed E-state index contributed by atoms with van der Waals surface area (Å²) in [6.45, 7) is 3.29. The van der Waals surface area contributed by atoms with Gasteiger partial charge in [0.1, 0.15) is 5.15 Å². The maximum absolute atomic E-state index is 6.30. The molecule has 1 saturated heterocycles. The van der Waals surface area contributed by atoms with Crippen molar-refractivity contribution in [3.8, 4) is 0 Å². The van der Waals surface area contributed by atoms with Crippen molar-refractivity contribution in [3.05, 3.63) is 35.1 Å². The van der Waals surface area contributed by atoms with Crippen LogP contribution in [0, 0.1) is 0 Å². The number of hydrogen-bond acceptors (Lipinski definition) is 3. The Morgan fingerprint density at radius 1 is 1.35 bits per heavy atom. The van der Waals surface area contributed by atoms with Crippen LogP contribution >= 0.6 is 11.6 Å². The number of hydrogen-bond donors (Lipinski definition) is 1. The van der Waals surface area contributed by atoms with Gasteiger partial charge < -0.3 is 10.2 Å². The second kappa shape index (κ2) is 4.90. The Labute approximate surface area is 123 Å². The van der Waals surface area contributed by atoms with Crippen LogP contribution in [0.2, 0.25) is 5.15 Å². The van der Waals surface area contributed by atoms with Crippen molar-refractivity contribution in [3.63, 3.8) is 0 Å². The highest BCUT2D eigenvalue weighted by Crippen LogP contribution is 2.38. The van der Waals surface area contributed by atoms with E-state index in [0.717, 1.165) is 26.1 Å². The van der Waals surface area contributed by atoms with Crippen LogP contribution in [0.3, 0.4) is 0 Å². The summed E-state index contributed by atoms with van der Waals surface area (Å²) in [6, 6.07) is 7.10. The number of nitrogens with zero attached hydrogens (tertiary/aromatic N) is 2. The topological polar surface area (TPSA) is 28.2 Å². The van der Waals surface area contributed by atoms with E-state index in [1.807, 2.05) is 6.20 Å². The Balaban J connectivity index is 1.85. The zero-order chi connectivity index (χ0) is 13.5. The molecule has 104 valence electrons. The number of piperidine rings is 1. The molecule has 2 aliphatic rings. The fourth-order valence-corrected chi connectivity index (χ4v) is 3.84. The van der Waals surface area contributed by atoms with Crippen LogP contribution in [-0.4, -0.2) is 30.7 Å². The first-order valence-electron chi connectivity index (χ1n) is 7.38. The van der Waals surface area contributed by atoms with Gasteiger partial charge in [-0.25, -0.2) is 4.98 Å². The van der Waals surface area contributed by atoms with Crippen molar-refractivity contribution in [2.24, 2.45) is 0 Å². The van der Waals surface area contributed by atoms with Crippen molar-refractivity contribution in [2.45, 2.75) is 25.3 Å². The molecule has 0 radical (unpaired) electrons. The summed E-state index contributed by atoms with van der Waals surface area (Å²) in [5.74, 6) is 0. The largest absolute Gasteiger partial charge is 0.366 e. The standard InChI is InChI=1S/C16H18ClN3/c17-16-13-6-8-20(12-4-2-7-18-10-12)14-5-1-3-11(9-19-16)15(13)14/h1,3,5,9,12,18H,2,4,6-8,10H2. The van der Waals surface area contributed by atoms with E-state index < -0.39 is 0 Å². The summed E-state index contributed by atoms with van der Waals surface area (Å²) in [7, 11) is 0. The Bertz CT molecular complexity index is 649. The molecular formula is C16H18ClN3. The first-order chi connectivity index (χ1) is 9.84. The number of anilines is 1. The second-order valence-corrected chi connectivity index (χ2v) is 6.07. The van der Waals surface area contributed by atoms with Crippen LogP contribution in [0.4, 0.5) is 5.69 Å². The average molecular weight is 288 g/mol. The number of pyridine rings is 1. The van der Waals surface area contributed by atoms with Crippen LogP contribution in [0.1, 0.15) is 18.4 Å². The van der Waals surface area contributed by atoms with Crippen LogP contribution < -0.4 is 10.2 Å². The summed E-state index contributed by atoms with van der Waals surface area (Å²) in [6.07, 6.45) is 5.43. The molecule has 1 aromatic heterocycles. The van der Waals surface area contributed by atoms with Gasteiger partial charge in [0.15, 0.2) is 0 Å². The lowest BCUT2D eigenvalue weighted by atomic mass is 9.95. The fraction of sp³-hybridized carbons (Fsp3) is 0.438. The molecule has 4 heteroatoms. The summed E-state index contributed by atoms with van der Waals surface area (Å²) in [4.78, 5) is 6.89. The van der Waals surface area contributed by atoms with Crippen molar-refractivity contribution in [2.75, 3.05) is 24.5 Å². The SMILES string of the molecule is Clc1ncc2cccc3c2c1CCN3C1CCCNC1. The van der Waals surface area contributed by atoms with Crippen LogP contribution in [-0.2, 0) is 6.42 Å². The second-order valence-electron chi connectivity index (χ2n) is 5.71. The van der Waals surface area contributed by atoms with Gasteiger partial charge in [-0.2, -0.15) is 0 Å². The Hall–Kier alpha value is -1.32. The minimum atomic E-state index is 0.606. The molecule has 2 aromatic rings. The molecule has 0 aliphatic carbocycles. The number of halogens is 1. The number of aromatic nitrogens is 1. The Kier molecular flexibility index (Phi) is 3.04. The van der Waals surface area contributed by atoms with Gasteiger partial charge in [0, 0.05) is 47.4 Å². The third kappa shape index (κ3) is 1.88. The van der Waals surface area contributed by atoms with Crippen LogP contribution in [0.5, 0.6) is 0 Å². The van der Waals surface area contributed by atoms with Gasteiger partial charge in [-0.3, -0.25) is 0 Å². The summed E-state index contributed by atoms with van der Waals surface area (Å²) in [5.41, 5.74) is 2.56. The van der Waals surface area contributed by atoms with Gasteiger partial charge in [0.05, 0.1) is 0 Å². The lowest BCUT2D eigenvalue weighted by molar-refractivity contribution is 0.431. The molecule has 1 aromatic carbocycles. The van der Waals surface area contributed by atoms with E-state index in [4.69, 9.17) is 11.6 Å². The lowest BCUT2D eigenvalue weighted by Gasteiger charge is -2.39. The Morgan fingerprint density at radius 2 is 2.30 bits per heavy atom. The Morgan fingerprint density at radius 3 is 3.15 bits per heavy atom. The highest BCUT2D eigenvalue weighted by Gasteiger charge is 2.27. The van der Waals surface area contributed by atoms with Crippen molar-refractivity contribution in [1.82, 2.24) is 10.3 Å². The molecule has 1 unspecified atom stereocenters. The predicted molar refractivity (Wildman–Crippen MR) is 83.7 cm³/mol. The maximum Gasteiger partial charge on any atom is 0.132 e. The van der Waals surface area contributed by atoms with Gasteiger partial charge in [-0.1, -0.05) is 23.7 Å². The molecule has 0 amide bonds. The molecular weight excluding hydrogens is 270 g/mol. The number of benzene rings is 1. The van der Waals surface area contributed by atoms with Gasteiger partial charge in [-0.15, -0.1) is 0 Å². The quantitative estimate of drug-likeness (QED) is 0.817. The molecule has 1 atom stereocenters. The smallest absolute Gasteiger partial charge is 0.132 e. The molecule has 1 fully saturated rings. The summed E-state index contributed by atoms with van der Waals surface area (Å²) < 4.78 is 0.